The summed E-state index contributed by atoms with van der Waals surface area (Å²) in [6.07, 6.45) is 0.446. The third-order valence-electron chi connectivity index (χ3n) is 7.07. The van der Waals surface area contributed by atoms with Crippen LogP contribution in [0.1, 0.15) is 39.1 Å². The average molecular weight is 586 g/mol. The molecule has 1 fully saturated rings. The lowest BCUT2D eigenvalue weighted by Crippen LogP contribution is -2.39. The van der Waals surface area contributed by atoms with Crippen LogP contribution >= 0.6 is 11.6 Å². The maximum atomic E-state index is 13.1. The van der Waals surface area contributed by atoms with Crippen molar-refractivity contribution in [3.63, 3.8) is 0 Å². The van der Waals surface area contributed by atoms with Crippen molar-refractivity contribution in [3.05, 3.63) is 82.6 Å². The van der Waals surface area contributed by atoms with Gasteiger partial charge >= 0.3 is 6.18 Å². The number of carbonyl (C=O) groups is 2. The molecule has 0 saturated carbocycles. The van der Waals surface area contributed by atoms with E-state index in [9.17, 15) is 22.8 Å². The summed E-state index contributed by atoms with van der Waals surface area (Å²) in [6.45, 7) is 2.18. The van der Waals surface area contributed by atoms with E-state index in [0.29, 0.717) is 58.8 Å². The lowest BCUT2D eigenvalue weighted by atomic mass is 9.96. The summed E-state index contributed by atoms with van der Waals surface area (Å²) in [5, 5.41) is 7.75. The number of alkyl halides is 3. The second-order valence-electron chi connectivity index (χ2n) is 10.00. The van der Waals surface area contributed by atoms with Crippen molar-refractivity contribution in [3.8, 4) is 11.6 Å². The third kappa shape index (κ3) is 6.97. The Hall–Kier alpha value is -4.12. The first kappa shape index (κ1) is 28.4. The molecule has 1 aliphatic heterocycles. The van der Waals surface area contributed by atoms with Crippen LogP contribution < -0.4 is 10.1 Å². The summed E-state index contributed by atoms with van der Waals surface area (Å²) in [5.74, 6) is 0.447. The Balaban J connectivity index is 1.15. The van der Waals surface area contributed by atoms with Crippen LogP contribution in [0.2, 0.25) is 5.02 Å². The van der Waals surface area contributed by atoms with Gasteiger partial charge in [-0.25, -0.2) is 4.98 Å². The molecule has 8 nitrogen and oxygen atoms in total. The van der Waals surface area contributed by atoms with Gasteiger partial charge in [-0.3, -0.25) is 14.3 Å². The van der Waals surface area contributed by atoms with E-state index < -0.39 is 18.6 Å². The fraction of sp³-hybridized carbons (Fsp3) is 0.310. The molecule has 2 aromatic heterocycles. The van der Waals surface area contributed by atoms with Crippen molar-refractivity contribution in [1.82, 2.24) is 25.0 Å². The molecule has 214 valence electrons. The van der Waals surface area contributed by atoms with Crippen LogP contribution in [0.5, 0.6) is 11.6 Å². The Morgan fingerprint density at radius 1 is 1.07 bits per heavy atom. The van der Waals surface area contributed by atoms with Gasteiger partial charge in [-0.2, -0.15) is 18.3 Å². The minimum Gasteiger partial charge on any atom is -0.439 e. The molecule has 1 saturated heterocycles. The van der Waals surface area contributed by atoms with Crippen LogP contribution in [0, 0.1) is 12.8 Å². The van der Waals surface area contributed by atoms with E-state index >= 15 is 0 Å². The topological polar surface area (TPSA) is 89.4 Å². The molecular weight excluding hydrogens is 559 g/mol. The van der Waals surface area contributed by atoms with Crippen molar-refractivity contribution < 1.29 is 27.5 Å². The normalized spacial score (nSPS) is 14.3. The molecule has 0 aliphatic carbocycles. The highest BCUT2D eigenvalue weighted by Gasteiger charge is 2.28. The number of rotatable bonds is 7. The number of fused-ring (bicyclic) bond motifs is 1. The predicted molar refractivity (Wildman–Crippen MR) is 147 cm³/mol. The van der Waals surface area contributed by atoms with E-state index in [0.717, 1.165) is 18.2 Å². The van der Waals surface area contributed by atoms with Gasteiger partial charge < -0.3 is 15.0 Å². The molecule has 3 heterocycles. The van der Waals surface area contributed by atoms with E-state index in [4.69, 9.17) is 16.3 Å². The molecule has 1 N–H and O–H groups in total. The molecular formula is C29H27ClF3N5O3. The van der Waals surface area contributed by atoms with Crippen LogP contribution in [0.4, 0.5) is 13.2 Å². The first-order chi connectivity index (χ1) is 19.6. The number of benzene rings is 2. The number of aromatic nitrogens is 3. The Labute approximate surface area is 239 Å². The number of nitrogens with one attached hydrogen (secondary N) is 1. The summed E-state index contributed by atoms with van der Waals surface area (Å²) < 4.78 is 45.0. The van der Waals surface area contributed by atoms with Gasteiger partial charge in [0.2, 0.25) is 5.88 Å². The van der Waals surface area contributed by atoms with Gasteiger partial charge in [-0.1, -0.05) is 11.6 Å². The zero-order valence-corrected chi connectivity index (χ0v) is 22.9. The van der Waals surface area contributed by atoms with E-state index in [-0.39, 0.29) is 11.5 Å². The molecule has 12 heteroatoms. The molecule has 0 spiro atoms. The number of halogens is 4. The van der Waals surface area contributed by atoms with Crippen molar-refractivity contribution in [2.45, 2.75) is 32.5 Å². The second kappa shape index (κ2) is 11.8. The highest BCUT2D eigenvalue weighted by molar-refractivity contribution is 6.30. The zero-order valence-electron chi connectivity index (χ0n) is 22.1. The van der Waals surface area contributed by atoms with Gasteiger partial charge in [0.05, 0.1) is 10.5 Å². The third-order valence-corrected chi connectivity index (χ3v) is 7.29. The summed E-state index contributed by atoms with van der Waals surface area (Å²) in [6, 6.07) is 13.4. The molecule has 1 aliphatic rings. The van der Waals surface area contributed by atoms with E-state index in [1.165, 1.54) is 12.3 Å². The number of aryl methyl sites for hydroxylation is 1. The molecule has 0 radical (unpaired) electrons. The number of hydrogen-bond donors (Lipinski definition) is 1. The van der Waals surface area contributed by atoms with Gasteiger partial charge in [-0.15, -0.1) is 0 Å². The number of likely N-dealkylation sites (tertiary alicyclic amines) is 1. The number of nitrogens with zero attached hydrogens (tertiary/aromatic N) is 4. The lowest BCUT2D eigenvalue weighted by molar-refractivity contribution is -0.123. The summed E-state index contributed by atoms with van der Waals surface area (Å²) in [4.78, 5) is 31.3. The van der Waals surface area contributed by atoms with Crippen LogP contribution in [-0.4, -0.2) is 57.3 Å². The minimum absolute atomic E-state index is 0.0450. The van der Waals surface area contributed by atoms with Crippen LogP contribution in [0.25, 0.3) is 10.9 Å². The van der Waals surface area contributed by atoms with Crippen LogP contribution in [0.3, 0.4) is 0 Å². The first-order valence-electron chi connectivity index (χ1n) is 13.1. The average Bonchev–Trinajstić information content (AvgIpc) is 3.37. The fourth-order valence-electron chi connectivity index (χ4n) is 4.87. The quantitative estimate of drug-likeness (QED) is 0.286. The summed E-state index contributed by atoms with van der Waals surface area (Å²) in [5.41, 5.74) is 2.01. The molecule has 0 bridgehead atoms. The zero-order chi connectivity index (χ0) is 29.1. The molecule has 4 aromatic rings. The Bertz CT molecular complexity index is 1550. The highest BCUT2D eigenvalue weighted by Crippen LogP contribution is 2.26. The first-order valence-corrected chi connectivity index (χ1v) is 13.4. The smallest absolute Gasteiger partial charge is 0.405 e. The summed E-state index contributed by atoms with van der Waals surface area (Å²) >= 11 is 5.85. The summed E-state index contributed by atoms with van der Waals surface area (Å²) in [7, 11) is 0. The predicted octanol–water partition coefficient (Wildman–Crippen LogP) is 6.03. The number of hydrogen-bond acceptors (Lipinski definition) is 5. The van der Waals surface area contributed by atoms with Gasteiger partial charge in [0, 0.05) is 54.6 Å². The van der Waals surface area contributed by atoms with Gasteiger partial charge in [0.15, 0.2) is 0 Å². The number of amides is 2. The van der Waals surface area contributed by atoms with Crippen molar-refractivity contribution in [2.75, 3.05) is 19.6 Å². The number of ether oxygens (including phenoxy) is 1. The molecule has 0 unspecified atom stereocenters. The minimum atomic E-state index is -4.48. The SMILES string of the molecule is Cc1c(C(=O)NCC(F)(F)F)ccc2nn(CC3CCN(C(=O)c4ccc(Oc5ccc(Cl)cn5)cc4)CC3)cc12. The van der Waals surface area contributed by atoms with Crippen LogP contribution in [0.15, 0.2) is 60.9 Å². The highest BCUT2D eigenvalue weighted by atomic mass is 35.5. The Morgan fingerprint density at radius 3 is 2.46 bits per heavy atom. The molecule has 0 atom stereocenters. The van der Waals surface area contributed by atoms with E-state index in [1.54, 1.807) is 49.4 Å². The second-order valence-corrected chi connectivity index (χ2v) is 10.4. The number of piperidine rings is 1. The number of pyridine rings is 1. The molecule has 41 heavy (non-hydrogen) atoms. The Kier molecular flexibility index (Phi) is 8.16. The van der Waals surface area contributed by atoms with E-state index in [1.807, 2.05) is 21.1 Å². The fourth-order valence-corrected chi connectivity index (χ4v) is 4.98. The number of carbonyl (C=O) groups excluding carboxylic acids is 2. The van der Waals surface area contributed by atoms with Gasteiger partial charge in [-0.05, 0) is 73.7 Å². The maximum Gasteiger partial charge on any atom is 0.405 e. The van der Waals surface area contributed by atoms with Crippen LogP contribution in [-0.2, 0) is 6.54 Å². The molecule has 5 rings (SSSR count). The van der Waals surface area contributed by atoms with Crippen molar-refractivity contribution >= 4 is 34.3 Å². The van der Waals surface area contributed by atoms with Crippen molar-refractivity contribution in [1.29, 1.82) is 0 Å². The standard InChI is InChI=1S/C29H27ClF3N5O3/c1-18-23(27(39)35-17-29(31,32)33)7-8-25-24(18)16-38(36-25)15-19-10-12-37(13-11-19)28(40)20-2-5-22(6-3-20)41-26-9-4-21(30)14-34-26/h2-9,14,16,19H,10-13,15,17H2,1H3,(H,35,39). The largest absolute Gasteiger partial charge is 0.439 e. The van der Waals surface area contributed by atoms with Gasteiger partial charge in [0.1, 0.15) is 12.3 Å². The Morgan fingerprint density at radius 2 is 1.80 bits per heavy atom. The monoisotopic (exact) mass is 585 g/mol. The molecule has 2 amide bonds. The molecule has 2 aromatic carbocycles. The lowest BCUT2D eigenvalue weighted by Gasteiger charge is -2.32. The maximum absolute atomic E-state index is 13.1. The van der Waals surface area contributed by atoms with Gasteiger partial charge in [0.25, 0.3) is 11.8 Å². The van der Waals surface area contributed by atoms with E-state index in [2.05, 4.69) is 10.1 Å². The van der Waals surface area contributed by atoms with Crippen molar-refractivity contribution in [2.24, 2.45) is 5.92 Å².